The van der Waals surface area contributed by atoms with Gasteiger partial charge in [0.25, 0.3) is 0 Å². The number of nitrogens with one attached hydrogen (secondary N) is 1. The molecule has 2 aromatic carbocycles. The highest BCUT2D eigenvalue weighted by Crippen LogP contribution is 2.49. The SMILES string of the molecule is CCCCOc1ccc(-c2[nH]nc3c2C(c2cc4c(cc2Br)OCO4)C(C#N)=C(N)O3)cc1. The summed E-state index contributed by atoms with van der Waals surface area (Å²) < 4.78 is 23.3. The third-order valence-corrected chi connectivity index (χ3v) is 6.34. The molecule has 8 nitrogen and oxygen atoms in total. The highest BCUT2D eigenvalue weighted by Gasteiger charge is 2.37. The van der Waals surface area contributed by atoms with E-state index >= 15 is 0 Å². The van der Waals surface area contributed by atoms with Gasteiger partial charge in [-0.05, 0) is 48.4 Å². The Morgan fingerprint density at radius 2 is 2.00 bits per heavy atom. The van der Waals surface area contributed by atoms with Crippen molar-refractivity contribution in [3.8, 4) is 40.5 Å². The number of unbranched alkanes of at least 4 members (excludes halogenated alkanes) is 1. The first kappa shape index (κ1) is 21.2. The molecule has 1 unspecified atom stereocenters. The average molecular weight is 509 g/mol. The lowest BCUT2D eigenvalue weighted by Crippen LogP contribution is -2.21. The summed E-state index contributed by atoms with van der Waals surface area (Å²) in [6, 6.07) is 13.7. The minimum atomic E-state index is -0.517. The van der Waals surface area contributed by atoms with Crippen LogP contribution in [0.3, 0.4) is 0 Å². The molecule has 3 aromatic rings. The standard InChI is InChI=1S/C24H21BrN4O4/c1-2-3-8-30-14-6-4-13(5-7-14)22-21-20(16(11-26)23(27)33-24(21)29-28-22)15-9-18-19(10-17(15)25)32-12-31-18/h4-7,9-10,20H,2-3,8,12,27H2,1H3,(H,28,29). The fourth-order valence-corrected chi connectivity index (χ4v) is 4.53. The Kier molecular flexibility index (Phi) is 5.60. The molecule has 3 heterocycles. The first-order chi connectivity index (χ1) is 16.1. The zero-order valence-electron chi connectivity index (χ0n) is 17.9. The van der Waals surface area contributed by atoms with Gasteiger partial charge in [0.15, 0.2) is 11.5 Å². The highest BCUT2D eigenvalue weighted by molar-refractivity contribution is 9.10. The van der Waals surface area contributed by atoms with Crippen molar-refractivity contribution >= 4 is 15.9 Å². The summed E-state index contributed by atoms with van der Waals surface area (Å²) in [5.41, 5.74) is 9.55. The van der Waals surface area contributed by atoms with E-state index in [0.29, 0.717) is 29.6 Å². The van der Waals surface area contributed by atoms with Crippen LogP contribution < -0.4 is 24.7 Å². The van der Waals surface area contributed by atoms with Crippen LogP contribution in [-0.4, -0.2) is 23.6 Å². The number of benzene rings is 2. The summed E-state index contributed by atoms with van der Waals surface area (Å²) in [4.78, 5) is 0. The number of allylic oxidation sites excluding steroid dienone is 1. The first-order valence-electron chi connectivity index (χ1n) is 10.6. The van der Waals surface area contributed by atoms with Crippen molar-refractivity contribution in [2.75, 3.05) is 13.4 Å². The van der Waals surface area contributed by atoms with Crippen LogP contribution in [0.5, 0.6) is 23.1 Å². The van der Waals surface area contributed by atoms with Crippen molar-refractivity contribution in [2.24, 2.45) is 5.73 Å². The molecule has 0 aliphatic carbocycles. The molecule has 0 bridgehead atoms. The van der Waals surface area contributed by atoms with Gasteiger partial charge in [-0.25, -0.2) is 0 Å². The summed E-state index contributed by atoms with van der Waals surface area (Å²) in [5, 5.41) is 17.4. The number of nitriles is 1. The van der Waals surface area contributed by atoms with Crippen LogP contribution in [0.4, 0.5) is 0 Å². The zero-order chi connectivity index (χ0) is 22.9. The summed E-state index contributed by atoms with van der Waals surface area (Å²) in [6.45, 7) is 2.96. The summed E-state index contributed by atoms with van der Waals surface area (Å²) in [7, 11) is 0. The Balaban J connectivity index is 1.59. The molecule has 168 valence electrons. The van der Waals surface area contributed by atoms with Gasteiger partial charge in [0.1, 0.15) is 17.4 Å². The van der Waals surface area contributed by atoms with Crippen LogP contribution in [0.15, 0.2) is 52.3 Å². The van der Waals surface area contributed by atoms with E-state index in [0.717, 1.165) is 45.4 Å². The molecule has 0 amide bonds. The number of aromatic amines is 1. The Labute approximate surface area is 199 Å². The van der Waals surface area contributed by atoms with Crippen molar-refractivity contribution in [1.29, 1.82) is 5.26 Å². The number of H-pyrrole nitrogens is 1. The van der Waals surface area contributed by atoms with E-state index < -0.39 is 5.92 Å². The molecule has 3 N–H and O–H groups in total. The third-order valence-electron chi connectivity index (χ3n) is 5.65. The molecule has 2 aliphatic heterocycles. The maximum absolute atomic E-state index is 9.95. The van der Waals surface area contributed by atoms with Gasteiger partial charge in [-0.1, -0.05) is 29.3 Å². The highest BCUT2D eigenvalue weighted by atomic mass is 79.9. The van der Waals surface area contributed by atoms with Crippen LogP contribution in [0.1, 0.15) is 36.8 Å². The van der Waals surface area contributed by atoms with Gasteiger partial charge in [0, 0.05) is 10.0 Å². The molecule has 1 aromatic heterocycles. The number of aromatic nitrogens is 2. The van der Waals surface area contributed by atoms with Gasteiger partial charge in [0.2, 0.25) is 18.6 Å². The number of halogens is 1. The predicted molar refractivity (Wildman–Crippen MR) is 124 cm³/mol. The minimum absolute atomic E-state index is 0.0253. The van der Waals surface area contributed by atoms with Gasteiger partial charge in [-0.15, -0.1) is 5.10 Å². The molecule has 2 aliphatic rings. The molecule has 1 atom stereocenters. The lowest BCUT2D eigenvalue weighted by molar-refractivity contribution is 0.174. The third kappa shape index (κ3) is 3.76. The summed E-state index contributed by atoms with van der Waals surface area (Å²) in [5.74, 6) is 1.89. The fourth-order valence-electron chi connectivity index (χ4n) is 3.98. The molecule has 0 spiro atoms. The van der Waals surface area contributed by atoms with E-state index in [1.165, 1.54) is 0 Å². The largest absolute Gasteiger partial charge is 0.494 e. The van der Waals surface area contributed by atoms with E-state index in [4.69, 9.17) is 24.7 Å². The number of rotatable bonds is 6. The predicted octanol–water partition coefficient (Wildman–Crippen LogP) is 4.96. The van der Waals surface area contributed by atoms with Crippen LogP contribution in [0, 0.1) is 11.3 Å². The van der Waals surface area contributed by atoms with Crippen molar-refractivity contribution in [1.82, 2.24) is 10.2 Å². The smallest absolute Gasteiger partial charge is 0.244 e. The first-order valence-corrected chi connectivity index (χ1v) is 11.4. The Bertz CT molecular complexity index is 1280. The summed E-state index contributed by atoms with van der Waals surface area (Å²) in [6.07, 6.45) is 2.08. The van der Waals surface area contributed by atoms with Gasteiger partial charge in [-0.3, -0.25) is 5.10 Å². The quantitative estimate of drug-likeness (QED) is 0.451. The lowest BCUT2D eigenvalue weighted by Gasteiger charge is -2.25. The van der Waals surface area contributed by atoms with Crippen molar-refractivity contribution in [3.05, 3.63) is 63.5 Å². The Morgan fingerprint density at radius 3 is 2.73 bits per heavy atom. The number of nitrogens with zero attached hydrogens (tertiary/aromatic N) is 2. The van der Waals surface area contributed by atoms with E-state index in [1.54, 1.807) is 0 Å². The number of ether oxygens (including phenoxy) is 4. The zero-order valence-corrected chi connectivity index (χ0v) is 19.4. The second-order valence-electron chi connectivity index (χ2n) is 7.70. The number of hydrogen-bond acceptors (Lipinski definition) is 7. The molecule has 0 saturated heterocycles. The van der Waals surface area contributed by atoms with Crippen LogP contribution >= 0.6 is 15.9 Å². The van der Waals surface area contributed by atoms with Gasteiger partial charge >= 0.3 is 0 Å². The molecule has 33 heavy (non-hydrogen) atoms. The molecule has 0 fully saturated rings. The van der Waals surface area contributed by atoms with E-state index in [1.807, 2.05) is 36.4 Å². The lowest BCUT2D eigenvalue weighted by atomic mass is 9.83. The Hall–Kier alpha value is -3.64. The molecule has 5 rings (SSSR count). The summed E-state index contributed by atoms with van der Waals surface area (Å²) >= 11 is 3.63. The second kappa shape index (κ2) is 8.71. The van der Waals surface area contributed by atoms with Gasteiger partial charge in [-0.2, -0.15) is 5.26 Å². The monoisotopic (exact) mass is 508 g/mol. The van der Waals surface area contributed by atoms with Gasteiger partial charge < -0.3 is 24.7 Å². The minimum Gasteiger partial charge on any atom is -0.494 e. The van der Waals surface area contributed by atoms with E-state index in [-0.39, 0.29) is 12.7 Å². The molecule has 0 radical (unpaired) electrons. The number of fused-ring (bicyclic) bond motifs is 2. The van der Waals surface area contributed by atoms with Crippen LogP contribution in [0.2, 0.25) is 0 Å². The van der Waals surface area contributed by atoms with Crippen LogP contribution in [-0.2, 0) is 0 Å². The molecule has 9 heteroatoms. The van der Waals surface area contributed by atoms with Crippen LogP contribution in [0.25, 0.3) is 11.3 Å². The van der Waals surface area contributed by atoms with Crippen molar-refractivity contribution in [3.63, 3.8) is 0 Å². The normalized spacial score (nSPS) is 16.2. The van der Waals surface area contributed by atoms with Crippen molar-refractivity contribution < 1.29 is 18.9 Å². The fraction of sp³-hybridized carbons (Fsp3) is 0.250. The molecular formula is C24H21BrN4O4. The number of hydrogen-bond donors (Lipinski definition) is 2. The topological polar surface area (TPSA) is 115 Å². The molecule has 0 saturated carbocycles. The van der Waals surface area contributed by atoms with E-state index in [9.17, 15) is 5.26 Å². The maximum atomic E-state index is 9.95. The second-order valence-corrected chi connectivity index (χ2v) is 8.55. The van der Waals surface area contributed by atoms with E-state index in [2.05, 4.69) is 39.1 Å². The Morgan fingerprint density at radius 1 is 1.24 bits per heavy atom. The van der Waals surface area contributed by atoms with Crippen molar-refractivity contribution in [2.45, 2.75) is 25.7 Å². The average Bonchev–Trinajstić information content (AvgIpc) is 3.45. The number of nitrogens with two attached hydrogens (primary N) is 1. The maximum Gasteiger partial charge on any atom is 0.244 e. The molecular weight excluding hydrogens is 488 g/mol. The van der Waals surface area contributed by atoms with Gasteiger partial charge in [0.05, 0.1) is 23.8 Å².